The van der Waals surface area contributed by atoms with Crippen LogP contribution in [0.15, 0.2) is 54.6 Å². The molecular formula is C22H26O7. The summed E-state index contributed by atoms with van der Waals surface area (Å²) in [6.07, 6.45) is -3.96. The maximum Gasteiger partial charge on any atom is 0.186 e. The number of fused-ring (bicyclic) bond motifs is 1. The molecule has 2 saturated heterocycles. The van der Waals surface area contributed by atoms with Gasteiger partial charge in [-0.2, -0.15) is 0 Å². The van der Waals surface area contributed by atoms with Gasteiger partial charge in [0, 0.05) is 12.7 Å². The zero-order chi connectivity index (χ0) is 20.2. The predicted molar refractivity (Wildman–Crippen MR) is 103 cm³/mol. The molecule has 2 aliphatic rings. The summed E-state index contributed by atoms with van der Waals surface area (Å²) in [5.74, 6) is 0.751. The van der Waals surface area contributed by atoms with Gasteiger partial charge in [-0.25, -0.2) is 0 Å². The van der Waals surface area contributed by atoms with Gasteiger partial charge in [0.25, 0.3) is 0 Å². The summed E-state index contributed by atoms with van der Waals surface area (Å²) in [6, 6.07) is 17.2. The van der Waals surface area contributed by atoms with E-state index in [0.29, 0.717) is 6.61 Å². The molecule has 1 N–H and O–H groups in total. The van der Waals surface area contributed by atoms with Gasteiger partial charge >= 0.3 is 0 Å². The van der Waals surface area contributed by atoms with Crippen molar-refractivity contribution in [3.63, 3.8) is 0 Å². The number of benzene rings is 2. The highest BCUT2D eigenvalue weighted by atomic mass is 16.8. The summed E-state index contributed by atoms with van der Waals surface area (Å²) < 4.78 is 34.4. The summed E-state index contributed by atoms with van der Waals surface area (Å²) >= 11 is 0. The van der Waals surface area contributed by atoms with Gasteiger partial charge in [0.15, 0.2) is 12.6 Å². The summed E-state index contributed by atoms with van der Waals surface area (Å²) in [4.78, 5) is 0. The molecule has 4 rings (SSSR count). The molecule has 156 valence electrons. The fourth-order valence-corrected chi connectivity index (χ4v) is 3.63. The van der Waals surface area contributed by atoms with Gasteiger partial charge in [0.1, 0.15) is 30.2 Å². The molecule has 7 heteroatoms. The van der Waals surface area contributed by atoms with Crippen LogP contribution in [-0.2, 0) is 30.3 Å². The largest absolute Gasteiger partial charge is 0.497 e. The molecule has 0 bridgehead atoms. The lowest BCUT2D eigenvalue weighted by molar-refractivity contribution is -0.363. The zero-order valence-electron chi connectivity index (χ0n) is 16.5. The van der Waals surface area contributed by atoms with Crippen molar-refractivity contribution < 1.29 is 33.5 Å². The number of ether oxygens (including phenoxy) is 6. The van der Waals surface area contributed by atoms with Gasteiger partial charge in [-0.05, 0) is 17.7 Å². The van der Waals surface area contributed by atoms with Gasteiger partial charge in [-0.3, -0.25) is 0 Å². The van der Waals surface area contributed by atoms with E-state index in [1.54, 1.807) is 7.11 Å². The van der Waals surface area contributed by atoms with Crippen LogP contribution in [0.5, 0.6) is 5.75 Å². The predicted octanol–water partition coefficient (Wildman–Crippen LogP) is 2.43. The summed E-state index contributed by atoms with van der Waals surface area (Å²) in [6.45, 7) is 0.616. The van der Waals surface area contributed by atoms with E-state index < -0.39 is 37.0 Å². The van der Waals surface area contributed by atoms with Crippen molar-refractivity contribution in [1.29, 1.82) is 0 Å². The van der Waals surface area contributed by atoms with Crippen LogP contribution in [0, 0.1) is 0 Å². The van der Waals surface area contributed by atoms with Crippen LogP contribution >= 0.6 is 0 Å². The van der Waals surface area contributed by atoms with Crippen LogP contribution in [0.4, 0.5) is 0 Å². The molecule has 29 heavy (non-hydrogen) atoms. The number of methoxy groups -OCH3 is 2. The van der Waals surface area contributed by atoms with Crippen LogP contribution in [0.2, 0.25) is 0 Å². The van der Waals surface area contributed by atoms with Crippen LogP contribution in [-0.4, -0.2) is 56.6 Å². The smallest absolute Gasteiger partial charge is 0.186 e. The highest BCUT2D eigenvalue weighted by Crippen LogP contribution is 2.35. The summed E-state index contributed by atoms with van der Waals surface area (Å²) in [5.41, 5.74) is 1.84. The monoisotopic (exact) mass is 402 g/mol. The quantitative estimate of drug-likeness (QED) is 0.795. The second kappa shape index (κ2) is 9.21. The Morgan fingerprint density at radius 2 is 1.76 bits per heavy atom. The average molecular weight is 402 g/mol. The maximum absolute atomic E-state index is 11.0. The molecule has 6 atom stereocenters. The molecule has 2 aromatic rings. The van der Waals surface area contributed by atoms with Crippen molar-refractivity contribution >= 4 is 0 Å². The van der Waals surface area contributed by atoms with Crippen molar-refractivity contribution in [3.05, 3.63) is 65.7 Å². The minimum absolute atomic E-state index is 0.281. The molecule has 0 unspecified atom stereocenters. The van der Waals surface area contributed by atoms with Crippen molar-refractivity contribution in [2.24, 2.45) is 0 Å². The maximum atomic E-state index is 11.0. The number of hydrogen-bond donors (Lipinski definition) is 1. The number of aliphatic hydroxyl groups excluding tert-OH is 1. The first-order valence-electron chi connectivity index (χ1n) is 9.62. The van der Waals surface area contributed by atoms with E-state index >= 15 is 0 Å². The van der Waals surface area contributed by atoms with Crippen LogP contribution in [0.1, 0.15) is 17.4 Å². The van der Waals surface area contributed by atoms with Crippen LogP contribution in [0.25, 0.3) is 0 Å². The molecule has 0 aromatic heterocycles. The third-order valence-electron chi connectivity index (χ3n) is 5.21. The summed E-state index contributed by atoms with van der Waals surface area (Å²) in [5, 5.41) is 11.0. The molecule has 0 amide bonds. The first kappa shape index (κ1) is 20.3. The Labute approximate surface area is 170 Å². The lowest BCUT2D eigenvalue weighted by Crippen LogP contribution is -2.62. The van der Waals surface area contributed by atoms with Gasteiger partial charge in [0.2, 0.25) is 0 Å². The first-order chi connectivity index (χ1) is 14.2. The van der Waals surface area contributed by atoms with E-state index in [9.17, 15) is 5.11 Å². The fraction of sp³-hybridized carbons (Fsp3) is 0.455. The van der Waals surface area contributed by atoms with E-state index in [2.05, 4.69) is 0 Å². The number of rotatable bonds is 6. The standard InChI is InChI=1S/C22H26O7/c1-24-16-10-8-15(9-11-16)21-27-13-17-19(29-21)18(23)20(22(25-2)28-17)26-12-14-6-4-3-5-7-14/h3-11,17-23H,12-13H2,1-2H3/t17-,18+,19-,20-,21-,22+/m1/s1. The third-order valence-corrected chi connectivity index (χ3v) is 5.21. The van der Waals surface area contributed by atoms with Crippen molar-refractivity contribution in [2.75, 3.05) is 20.8 Å². The Hall–Kier alpha value is -2.00. The molecule has 0 saturated carbocycles. The molecule has 2 heterocycles. The van der Waals surface area contributed by atoms with E-state index in [0.717, 1.165) is 16.9 Å². The van der Waals surface area contributed by atoms with E-state index in [1.165, 1.54) is 7.11 Å². The van der Waals surface area contributed by atoms with Gasteiger partial charge in [-0.1, -0.05) is 42.5 Å². The van der Waals surface area contributed by atoms with E-state index in [4.69, 9.17) is 28.4 Å². The molecule has 2 fully saturated rings. The molecule has 2 aromatic carbocycles. The lowest BCUT2D eigenvalue weighted by atomic mass is 9.97. The first-order valence-corrected chi connectivity index (χ1v) is 9.62. The van der Waals surface area contributed by atoms with Crippen molar-refractivity contribution in [3.8, 4) is 5.75 Å². The Balaban J connectivity index is 1.45. The third kappa shape index (κ3) is 4.45. The second-order valence-corrected chi connectivity index (χ2v) is 7.07. The molecular weight excluding hydrogens is 376 g/mol. The van der Waals surface area contributed by atoms with Crippen LogP contribution < -0.4 is 4.74 Å². The average Bonchev–Trinajstić information content (AvgIpc) is 2.79. The second-order valence-electron chi connectivity index (χ2n) is 7.07. The highest BCUT2D eigenvalue weighted by molar-refractivity contribution is 5.28. The van der Waals surface area contributed by atoms with Gasteiger partial charge in [-0.15, -0.1) is 0 Å². The Kier molecular flexibility index (Phi) is 6.44. The SMILES string of the molecule is COc1ccc([C@@H]2OC[C@H]3O[C@H](OC)[C@H](OCc4ccccc4)[C@@H](O)[C@@H]3O2)cc1. The highest BCUT2D eigenvalue weighted by Gasteiger charge is 2.50. The van der Waals surface area contributed by atoms with Crippen molar-refractivity contribution in [2.45, 2.75) is 43.6 Å². The Morgan fingerprint density at radius 3 is 2.45 bits per heavy atom. The molecule has 7 nitrogen and oxygen atoms in total. The minimum atomic E-state index is -0.924. The normalized spacial score (nSPS) is 31.8. The van der Waals surface area contributed by atoms with E-state index in [1.807, 2.05) is 54.6 Å². The fourth-order valence-electron chi connectivity index (χ4n) is 3.63. The number of aliphatic hydroxyl groups is 1. The Morgan fingerprint density at radius 1 is 1.00 bits per heavy atom. The zero-order valence-corrected chi connectivity index (χ0v) is 16.5. The van der Waals surface area contributed by atoms with Gasteiger partial charge < -0.3 is 33.5 Å². The summed E-state index contributed by atoms with van der Waals surface area (Å²) in [7, 11) is 3.14. The molecule has 0 spiro atoms. The minimum Gasteiger partial charge on any atom is -0.497 e. The van der Waals surface area contributed by atoms with E-state index in [-0.39, 0.29) is 6.61 Å². The van der Waals surface area contributed by atoms with Crippen LogP contribution in [0.3, 0.4) is 0 Å². The number of hydrogen-bond acceptors (Lipinski definition) is 7. The van der Waals surface area contributed by atoms with Crippen molar-refractivity contribution in [1.82, 2.24) is 0 Å². The topological polar surface area (TPSA) is 75.6 Å². The molecule has 0 aliphatic carbocycles. The molecule has 2 aliphatic heterocycles. The van der Waals surface area contributed by atoms with Gasteiger partial charge in [0.05, 0.1) is 20.3 Å². The lowest BCUT2D eigenvalue weighted by Gasteiger charge is -2.47. The Bertz CT molecular complexity index is 766. The molecule has 0 radical (unpaired) electrons.